The van der Waals surface area contributed by atoms with Gasteiger partial charge in [0.15, 0.2) is 11.5 Å². The maximum absolute atomic E-state index is 12.4. The predicted molar refractivity (Wildman–Crippen MR) is 97.7 cm³/mol. The van der Waals surface area contributed by atoms with E-state index >= 15 is 0 Å². The number of ether oxygens (including phenoxy) is 2. The lowest BCUT2D eigenvalue weighted by Crippen LogP contribution is -2.23. The molecule has 6 heteroatoms. The SMILES string of the molecule is O=C(NCc1ccc2c(c1)OCO2)c1cc(Nc2ccccc2)ccn1. The number of rotatable bonds is 5. The quantitative estimate of drug-likeness (QED) is 0.739. The molecular formula is C20H17N3O3. The molecule has 1 amide bonds. The van der Waals surface area contributed by atoms with Crippen molar-refractivity contribution in [2.24, 2.45) is 0 Å². The van der Waals surface area contributed by atoms with Crippen molar-refractivity contribution in [1.29, 1.82) is 0 Å². The van der Waals surface area contributed by atoms with Gasteiger partial charge in [-0.2, -0.15) is 0 Å². The third-order valence-electron chi connectivity index (χ3n) is 3.95. The summed E-state index contributed by atoms with van der Waals surface area (Å²) in [4.78, 5) is 16.6. The van der Waals surface area contributed by atoms with E-state index in [-0.39, 0.29) is 12.7 Å². The zero-order valence-corrected chi connectivity index (χ0v) is 13.9. The summed E-state index contributed by atoms with van der Waals surface area (Å²) in [5.41, 5.74) is 3.04. The van der Waals surface area contributed by atoms with Crippen LogP contribution in [0.5, 0.6) is 11.5 Å². The highest BCUT2D eigenvalue weighted by atomic mass is 16.7. The van der Waals surface area contributed by atoms with Crippen LogP contribution in [0.3, 0.4) is 0 Å². The first-order valence-corrected chi connectivity index (χ1v) is 8.23. The highest BCUT2D eigenvalue weighted by Crippen LogP contribution is 2.32. The Morgan fingerprint density at radius 2 is 1.81 bits per heavy atom. The van der Waals surface area contributed by atoms with Gasteiger partial charge in [-0.05, 0) is 42.0 Å². The van der Waals surface area contributed by atoms with E-state index in [2.05, 4.69) is 15.6 Å². The predicted octanol–water partition coefficient (Wildman–Crippen LogP) is 3.48. The topological polar surface area (TPSA) is 72.5 Å². The fourth-order valence-corrected chi connectivity index (χ4v) is 2.64. The Kier molecular flexibility index (Phi) is 4.38. The Bertz CT molecular complexity index is 929. The highest BCUT2D eigenvalue weighted by Gasteiger charge is 2.14. The molecule has 1 aliphatic heterocycles. The van der Waals surface area contributed by atoms with Crippen molar-refractivity contribution in [3.63, 3.8) is 0 Å². The molecule has 3 aromatic rings. The van der Waals surface area contributed by atoms with Crippen LogP contribution in [-0.2, 0) is 6.54 Å². The summed E-state index contributed by atoms with van der Waals surface area (Å²) in [6.45, 7) is 0.615. The maximum Gasteiger partial charge on any atom is 0.270 e. The fourth-order valence-electron chi connectivity index (χ4n) is 2.64. The van der Waals surface area contributed by atoms with Gasteiger partial charge in [0.25, 0.3) is 5.91 Å². The number of benzene rings is 2. The molecule has 2 N–H and O–H groups in total. The molecule has 1 aliphatic rings. The third-order valence-corrected chi connectivity index (χ3v) is 3.95. The zero-order chi connectivity index (χ0) is 17.8. The van der Waals surface area contributed by atoms with Gasteiger partial charge in [0, 0.05) is 24.1 Å². The van der Waals surface area contributed by atoms with Gasteiger partial charge in [0.2, 0.25) is 6.79 Å². The molecule has 1 aromatic heterocycles. The lowest BCUT2D eigenvalue weighted by molar-refractivity contribution is 0.0946. The summed E-state index contributed by atoms with van der Waals surface area (Å²) in [5.74, 6) is 1.18. The van der Waals surface area contributed by atoms with Crippen LogP contribution >= 0.6 is 0 Å². The van der Waals surface area contributed by atoms with Gasteiger partial charge in [-0.25, -0.2) is 0 Å². The molecule has 26 heavy (non-hydrogen) atoms. The van der Waals surface area contributed by atoms with E-state index in [9.17, 15) is 4.79 Å². The van der Waals surface area contributed by atoms with Crippen molar-refractivity contribution >= 4 is 17.3 Å². The van der Waals surface area contributed by atoms with E-state index in [0.717, 1.165) is 22.7 Å². The van der Waals surface area contributed by atoms with Crippen LogP contribution in [0.1, 0.15) is 16.1 Å². The summed E-state index contributed by atoms with van der Waals surface area (Å²) < 4.78 is 10.6. The van der Waals surface area contributed by atoms with E-state index in [1.165, 1.54) is 0 Å². The molecule has 0 aliphatic carbocycles. The fraction of sp³-hybridized carbons (Fsp3) is 0.100. The first-order chi connectivity index (χ1) is 12.8. The molecule has 0 spiro atoms. The number of pyridine rings is 1. The second kappa shape index (κ2) is 7.14. The van der Waals surface area contributed by atoms with Crippen LogP contribution in [0.15, 0.2) is 66.9 Å². The molecule has 2 heterocycles. The Hall–Kier alpha value is -3.54. The van der Waals surface area contributed by atoms with Crippen LogP contribution in [-0.4, -0.2) is 17.7 Å². The van der Waals surface area contributed by atoms with Gasteiger partial charge in [-0.3, -0.25) is 9.78 Å². The third kappa shape index (κ3) is 3.59. The first-order valence-electron chi connectivity index (χ1n) is 8.23. The number of carbonyl (C=O) groups is 1. The van der Waals surface area contributed by atoms with Gasteiger partial charge in [0.1, 0.15) is 5.69 Å². The zero-order valence-electron chi connectivity index (χ0n) is 13.9. The Morgan fingerprint density at radius 3 is 2.69 bits per heavy atom. The minimum Gasteiger partial charge on any atom is -0.454 e. The molecule has 2 aromatic carbocycles. The molecule has 6 nitrogen and oxygen atoms in total. The molecular weight excluding hydrogens is 330 g/mol. The summed E-state index contributed by atoms with van der Waals surface area (Å²) in [6, 6.07) is 18.9. The maximum atomic E-state index is 12.4. The van der Waals surface area contributed by atoms with Crippen LogP contribution in [0.2, 0.25) is 0 Å². The molecule has 0 atom stereocenters. The number of nitrogens with zero attached hydrogens (tertiary/aromatic N) is 1. The van der Waals surface area contributed by atoms with E-state index < -0.39 is 0 Å². The molecule has 0 saturated heterocycles. The van der Waals surface area contributed by atoms with E-state index in [4.69, 9.17) is 9.47 Å². The molecule has 4 rings (SSSR count). The van der Waals surface area contributed by atoms with E-state index in [0.29, 0.717) is 18.0 Å². The Morgan fingerprint density at radius 1 is 0.962 bits per heavy atom. The molecule has 0 bridgehead atoms. The largest absolute Gasteiger partial charge is 0.454 e. The number of fused-ring (bicyclic) bond motifs is 1. The lowest BCUT2D eigenvalue weighted by Gasteiger charge is -2.09. The molecule has 0 saturated carbocycles. The normalized spacial score (nSPS) is 11.8. The molecule has 0 radical (unpaired) electrons. The van der Waals surface area contributed by atoms with Gasteiger partial charge in [0.05, 0.1) is 0 Å². The Labute approximate surface area is 150 Å². The van der Waals surface area contributed by atoms with Crippen molar-refractivity contribution in [3.05, 3.63) is 78.1 Å². The smallest absolute Gasteiger partial charge is 0.270 e. The van der Waals surface area contributed by atoms with Crippen molar-refractivity contribution in [2.75, 3.05) is 12.1 Å². The monoisotopic (exact) mass is 347 g/mol. The average molecular weight is 347 g/mol. The minimum absolute atomic E-state index is 0.232. The number of nitrogens with one attached hydrogen (secondary N) is 2. The van der Waals surface area contributed by atoms with Crippen LogP contribution in [0.4, 0.5) is 11.4 Å². The number of hydrogen-bond donors (Lipinski definition) is 2. The second-order valence-corrected chi connectivity index (χ2v) is 5.79. The standard InChI is InChI=1S/C20H17N3O3/c24-20(22-12-14-6-7-18-19(10-14)26-13-25-18)17-11-16(8-9-21-17)23-15-4-2-1-3-5-15/h1-11H,12-13H2,(H,21,23)(H,22,24). The van der Waals surface area contributed by atoms with Crippen LogP contribution < -0.4 is 20.1 Å². The Balaban J connectivity index is 1.41. The van der Waals surface area contributed by atoms with Crippen molar-refractivity contribution in [1.82, 2.24) is 10.3 Å². The number of amides is 1. The first kappa shape index (κ1) is 16.0. The van der Waals surface area contributed by atoms with Gasteiger partial charge >= 0.3 is 0 Å². The summed E-state index contributed by atoms with van der Waals surface area (Å²) in [7, 11) is 0. The van der Waals surface area contributed by atoms with E-state index in [1.807, 2.05) is 54.6 Å². The number of para-hydroxylation sites is 1. The number of anilines is 2. The number of carbonyl (C=O) groups excluding carboxylic acids is 1. The van der Waals surface area contributed by atoms with Gasteiger partial charge < -0.3 is 20.1 Å². The second-order valence-electron chi connectivity index (χ2n) is 5.79. The summed E-state index contributed by atoms with van der Waals surface area (Å²) in [5, 5.41) is 6.12. The minimum atomic E-state index is -0.237. The van der Waals surface area contributed by atoms with Crippen molar-refractivity contribution in [3.8, 4) is 11.5 Å². The summed E-state index contributed by atoms with van der Waals surface area (Å²) in [6.07, 6.45) is 1.61. The van der Waals surface area contributed by atoms with Crippen LogP contribution in [0, 0.1) is 0 Å². The van der Waals surface area contributed by atoms with E-state index in [1.54, 1.807) is 12.3 Å². The number of hydrogen-bond acceptors (Lipinski definition) is 5. The number of aromatic nitrogens is 1. The van der Waals surface area contributed by atoms with Crippen molar-refractivity contribution in [2.45, 2.75) is 6.54 Å². The van der Waals surface area contributed by atoms with Crippen molar-refractivity contribution < 1.29 is 14.3 Å². The highest BCUT2D eigenvalue weighted by molar-refractivity contribution is 5.93. The average Bonchev–Trinajstić information content (AvgIpc) is 3.15. The van der Waals surface area contributed by atoms with Gasteiger partial charge in [-0.1, -0.05) is 24.3 Å². The van der Waals surface area contributed by atoms with Gasteiger partial charge in [-0.15, -0.1) is 0 Å². The van der Waals surface area contributed by atoms with Crippen LogP contribution in [0.25, 0.3) is 0 Å². The molecule has 0 unspecified atom stereocenters. The molecule has 0 fully saturated rings. The molecule has 130 valence electrons. The lowest BCUT2D eigenvalue weighted by atomic mass is 10.2. The summed E-state index contributed by atoms with van der Waals surface area (Å²) >= 11 is 0.